The van der Waals surface area contributed by atoms with Crippen LogP contribution in [-0.4, -0.2) is 29.4 Å². The third kappa shape index (κ3) is 3.11. The van der Waals surface area contributed by atoms with Crippen molar-refractivity contribution in [2.45, 2.75) is 51.1 Å². The third-order valence-electron chi connectivity index (χ3n) is 4.30. The van der Waals surface area contributed by atoms with Crippen molar-refractivity contribution in [2.24, 2.45) is 0 Å². The van der Waals surface area contributed by atoms with Gasteiger partial charge in [0, 0.05) is 5.82 Å². The second kappa shape index (κ2) is 5.42. The zero-order valence-electron chi connectivity index (χ0n) is 12.7. The van der Waals surface area contributed by atoms with Crippen LogP contribution in [0.4, 0.5) is 4.39 Å². The minimum atomic E-state index is -1.02. The molecule has 114 valence electrons. The molecule has 0 radical (unpaired) electrons. The Morgan fingerprint density at radius 3 is 2.24 bits per heavy atom. The second-order valence-corrected chi connectivity index (χ2v) is 6.35. The number of hydrogen-bond acceptors (Lipinski definition) is 3. The molecule has 1 fully saturated rings. The highest BCUT2D eigenvalue weighted by Gasteiger charge is 2.54. The SMILES string of the molecule is CC1(C)OB(C(CC(=O)O)c2ccccc2F)OC1(C)C. The van der Waals surface area contributed by atoms with Crippen LogP contribution in [0.1, 0.15) is 45.5 Å². The van der Waals surface area contributed by atoms with Crippen LogP contribution in [0.2, 0.25) is 0 Å². The van der Waals surface area contributed by atoms with Gasteiger partial charge in [0.15, 0.2) is 0 Å². The molecule has 1 saturated heterocycles. The topological polar surface area (TPSA) is 55.8 Å². The zero-order chi connectivity index (χ0) is 15.8. The van der Waals surface area contributed by atoms with Gasteiger partial charge in [-0.25, -0.2) is 4.39 Å². The van der Waals surface area contributed by atoms with E-state index in [-0.39, 0.29) is 6.42 Å². The number of carboxylic acids is 1. The highest BCUT2D eigenvalue weighted by molar-refractivity contribution is 6.48. The number of rotatable bonds is 4. The van der Waals surface area contributed by atoms with Crippen molar-refractivity contribution in [3.8, 4) is 0 Å². The van der Waals surface area contributed by atoms with Crippen LogP contribution in [0.3, 0.4) is 0 Å². The fraction of sp³-hybridized carbons (Fsp3) is 0.533. The summed E-state index contributed by atoms with van der Waals surface area (Å²) in [6.07, 6.45) is -0.252. The molecule has 0 spiro atoms. The van der Waals surface area contributed by atoms with E-state index < -0.39 is 35.9 Å². The molecular weight excluding hydrogens is 274 g/mol. The summed E-state index contributed by atoms with van der Waals surface area (Å²) in [6.45, 7) is 7.52. The Kier molecular flexibility index (Phi) is 4.13. The molecule has 1 heterocycles. The van der Waals surface area contributed by atoms with E-state index in [9.17, 15) is 9.18 Å². The molecule has 0 aromatic heterocycles. The largest absolute Gasteiger partial charge is 0.481 e. The number of carbonyl (C=O) groups is 1. The molecular formula is C15H20BFO4. The molecule has 6 heteroatoms. The molecule has 0 bridgehead atoms. The van der Waals surface area contributed by atoms with Gasteiger partial charge < -0.3 is 14.4 Å². The molecule has 21 heavy (non-hydrogen) atoms. The Morgan fingerprint density at radius 2 is 1.76 bits per heavy atom. The smallest absolute Gasteiger partial charge is 0.466 e. The molecule has 1 aromatic rings. The summed E-state index contributed by atoms with van der Waals surface area (Å²) in [4.78, 5) is 11.1. The van der Waals surface area contributed by atoms with E-state index in [4.69, 9.17) is 14.4 Å². The van der Waals surface area contributed by atoms with Gasteiger partial charge in [-0.05, 0) is 39.3 Å². The monoisotopic (exact) mass is 294 g/mol. The van der Waals surface area contributed by atoms with Crippen molar-refractivity contribution in [2.75, 3.05) is 0 Å². The number of halogens is 1. The summed E-state index contributed by atoms with van der Waals surface area (Å²) in [7, 11) is -0.789. The lowest BCUT2D eigenvalue weighted by Gasteiger charge is -2.32. The minimum absolute atomic E-state index is 0.252. The summed E-state index contributed by atoms with van der Waals surface area (Å²) in [5, 5.41) is 9.12. The number of hydrogen-bond donors (Lipinski definition) is 1. The van der Waals surface area contributed by atoms with Crippen LogP contribution in [0, 0.1) is 5.82 Å². The van der Waals surface area contributed by atoms with E-state index in [1.165, 1.54) is 6.07 Å². The number of carboxylic acid groups (broad SMARTS) is 1. The lowest BCUT2D eigenvalue weighted by molar-refractivity contribution is -0.137. The lowest BCUT2D eigenvalue weighted by atomic mass is 9.66. The first-order valence-corrected chi connectivity index (χ1v) is 6.96. The van der Waals surface area contributed by atoms with Gasteiger partial charge in [-0.3, -0.25) is 4.79 Å². The molecule has 1 aliphatic heterocycles. The maximum Gasteiger partial charge on any atom is 0.466 e. The normalized spacial score (nSPS) is 21.3. The Balaban J connectivity index is 2.35. The van der Waals surface area contributed by atoms with Gasteiger partial charge in [0.25, 0.3) is 0 Å². The Morgan fingerprint density at radius 1 is 1.24 bits per heavy atom. The van der Waals surface area contributed by atoms with Gasteiger partial charge in [0.1, 0.15) is 5.82 Å². The molecule has 0 saturated carbocycles. The second-order valence-electron chi connectivity index (χ2n) is 6.35. The van der Waals surface area contributed by atoms with Gasteiger partial charge in [0.05, 0.1) is 17.6 Å². The highest BCUT2D eigenvalue weighted by Crippen LogP contribution is 2.42. The molecule has 1 aromatic carbocycles. The predicted molar refractivity (Wildman–Crippen MR) is 77.5 cm³/mol. The van der Waals surface area contributed by atoms with Crippen LogP contribution in [-0.2, 0) is 14.1 Å². The first kappa shape index (κ1) is 16.0. The lowest BCUT2D eigenvalue weighted by Crippen LogP contribution is -2.41. The van der Waals surface area contributed by atoms with Crippen LogP contribution in [0.25, 0.3) is 0 Å². The van der Waals surface area contributed by atoms with Gasteiger partial charge in [-0.2, -0.15) is 0 Å². The van der Waals surface area contributed by atoms with Crippen molar-refractivity contribution >= 4 is 13.1 Å². The van der Waals surface area contributed by atoms with Gasteiger partial charge in [-0.1, -0.05) is 18.2 Å². The first-order chi connectivity index (χ1) is 9.64. The summed E-state index contributed by atoms with van der Waals surface area (Å²) in [6, 6.07) is 6.14. The third-order valence-corrected chi connectivity index (χ3v) is 4.30. The number of benzene rings is 1. The van der Waals surface area contributed by atoms with Crippen molar-refractivity contribution in [1.29, 1.82) is 0 Å². The highest BCUT2D eigenvalue weighted by atomic mass is 19.1. The van der Waals surface area contributed by atoms with Crippen molar-refractivity contribution < 1.29 is 23.6 Å². The van der Waals surface area contributed by atoms with Gasteiger partial charge >= 0.3 is 13.1 Å². The maximum absolute atomic E-state index is 14.0. The summed E-state index contributed by atoms with van der Waals surface area (Å²) < 4.78 is 25.8. The fourth-order valence-corrected chi connectivity index (χ4v) is 2.37. The van der Waals surface area contributed by atoms with E-state index in [1.807, 2.05) is 27.7 Å². The molecule has 1 N–H and O–H groups in total. The molecule has 1 atom stereocenters. The summed E-state index contributed by atoms with van der Waals surface area (Å²) in [5.74, 6) is -2.15. The average Bonchev–Trinajstić information content (AvgIpc) is 2.56. The van der Waals surface area contributed by atoms with Crippen molar-refractivity contribution in [3.05, 3.63) is 35.6 Å². The maximum atomic E-state index is 14.0. The van der Waals surface area contributed by atoms with E-state index in [0.717, 1.165) is 0 Å². The fourth-order valence-electron chi connectivity index (χ4n) is 2.37. The molecule has 0 aliphatic carbocycles. The van der Waals surface area contributed by atoms with E-state index in [0.29, 0.717) is 5.56 Å². The Labute approximate surface area is 124 Å². The van der Waals surface area contributed by atoms with Gasteiger partial charge in [-0.15, -0.1) is 0 Å². The average molecular weight is 294 g/mol. The zero-order valence-corrected chi connectivity index (χ0v) is 12.7. The van der Waals surface area contributed by atoms with E-state index in [1.54, 1.807) is 18.2 Å². The summed E-state index contributed by atoms with van der Waals surface area (Å²) >= 11 is 0. The van der Waals surface area contributed by atoms with Crippen molar-refractivity contribution in [1.82, 2.24) is 0 Å². The molecule has 1 aliphatic rings. The molecule has 0 amide bonds. The van der Waals surface area contributed by atoms with Crippen LogP contribution < -0.4 is 0 Å². The van der Waals surface area contributed by atoms with Crippen LogP contribution in [0.5, 0.6) is 0 Å². The van der Waals surface area contributed by atoms with Crippen molar-refractivity contribution in [3.63, 3.8) is 0 Å². The molecule has 1 unspecified atom stereocenters. The quantitative estimate of drug-likeness (QED) is 0.867. The first-order valence-electron chi connectivity index (χ1n) is 6.96. The van der Waals surface area contributed by atoms with E-state index in [2.05, 4.69) is 0 Å². The number of aliphatic carboxylic acids is 1. The van der Waals surface area contributed by atoms with Crippen LogP contribution in [0.15, 0.2) is 24.3 Å². The standard InChI is InChI=1S/C15H20BFO4/c1-14(2)15(3,4)21-16(20-14)11(9-13(18)19)10-7-5-6-8-12(10)17/h5-8,11H,9H2,1-4H3,(H,18,19). The molecule has 2 rings (SSSR count). The Hall–Kier alpha value is -1.40. The van der Waals surface area contributed by atoms with Crippen LogP contribution >= 0.6 is 0 Å². The minimum Gasteiger partial charge on any atom is -0.481 e. The van der Waals surface area contributed by atoms with Gasteiger partial charge in [0.2, 0.25) is 0 Å². The molecule has 4 nitrogen and oxygen atoms in total. The predicted octanol–water partition coefficient (Wildman–Crippen LogP) is 3.02. The Bertz CT molecular complexity index is 528. The van der Waals surface area contributed by atoms with E-state index >= 15 is 0 Å². The summed E-state index contributed by atoms with van der Waals surface area (Å²) in [5.41, 5.74) is -0.863.